The fourth-order valence-electron chi connectivity index (χ4n) is 1.63. The Morgan fingerprint density at radius 1 is 1.58 bits per heavy atom. The summed E-state index contributed by atoms with van der Waals surface area (Å²) >= 11 is 0. The highest BCUT2D eigenvalue weighted by Crippen LogP contribution is 2.29. The van der Waals surface area contributed by atoms with E-state index in [1.165, 1.54) is 0 Å². The van der Waals surface area contributed by atoms with Crippen molar-refractivity contribution in [3.63, 3.8) is 0 Å². The minimum Gasteiger partial charge on any atom is -0.350 e. The molecule has 2 N–H and O–H groups in total. The molecular weight excluding hydrogens is 152 g/mol. The van der Waals surface area contributed by atoms with Crippen LogP contribution in [0.4, 0.5) is 0 Å². The topological polar surface area (TPSA) is 41.1 Å². The van der Waals surface area contributed by atoms with E-state index >= 15 is 0 Å². The van der Waals surface area contributed by atoms with E-state index in [9.17, 15) is 4.79 Å². The monoisotopic (exact) mass is 168 g/mol. The average Bonchev–Trinajstić information content (AvgIpc) is 2.80. The molecule has 0 aromatic rings. The van der Waals surface area contributed by atoms with Crippen LogP contribution in [0, 0.1) is 5.92 Å². The van der Waals surface area contributed by atoms with Crippen LogP contribution in [-0.4, -0.2) is 24.5 Å². The first-order chi connectivity index (χ1) is 5.81. The molecule has 3 nitrogen and oxygen atoms in total. The third-order valence-electron chi connectivity index (χ3n) is 2.80. The van der Waals surface area contributed by atoms with Gasteiger partial charge in [0.15, 0.2) is 0 Å². The normalized spacial score (nSPS) is 34.1. The summed E-state index contributed by atoms with van der Waals surface area (Å²) in [6.07, 6.45) is 3.31. The maximum absolute atomic E-state index is 11.3. The van der Waals surface area contributed by atoms with Crippen LogP contribution < -0.4 is 10.6 Å². The summed E-state index contributed by atoms with van der Waals surface area (Å²) in [5, 5.41) is 6.37. The molecule has 0 spiro atoms. The van der Waals surface area contributed by atoms with Crippen LogP contribution in [0.1, 0.15) is 26.2 Å². The lowest BCUT2D eigenvalue weighted by atomic mass is 9.97. The lowest BCUT2D eigenvalue weighted by Gasteiger charge is -2.38. The summed E-state index contributed by atoms with van der Waals surface area (Å²) in [7, 11) is 0. The van der Waals surface area contributed by atoms with Gasteiger partial charge in [0.05, 0.1) is 6.04 Å². The molecular formula is C9H16N2O. The molecule has 1 saturated carbocycles. The van der Waals surface area contributed by atoms with Gasteiger partial charge in [0.25, 0.3) is 0 Å². The second kappa shape index (κ2) is 3.05. The standard InChI is InChI=1S/C9H16N2O/c1-2-7-8(5-10-7)11-9(12)6-3-4-6/h6-8,10H,2-5H2,1H3,(H,11,12)/t7-,8+/m0/s1. The van der Waals surface area contributed by atoms with Crippen LogP contribution in [0.15, 0.2) is 0 Å². The molecule has 1 saturated heterocycles. The van der Waals surface area contributed by atoms with Gasteiger partial charge in [0.2, 0.25) is 5.91 Å². The number of carbonyl (C=O) groups is 1. The van der Waals surface area contributed by atoms with E-state index in [1.807, 2.05) is 0 Å². The first kappa shape index (κ1) is 8.05. The predicted molar refractivity (Wildman–Crippen MR) is 46.7 cm³/mol. The molecule has 68 valence electrons. The van der Waals surface area contributed by atoms with Gasteiger partial charge in [-0.1, -0.05) is 6.92 Å². The van der Waals surface area contributed by atoms with Gasteiger partial charge in [0.1, 0.15) is 0 Å². The zero-order valence-corrected chi connectivity index (χ0v) is 7.47. The molecule has 1 amide bonds. The number of carbonyl (C=O) groups excluding carboxylic acids is 1. The van der Waals surface area contributed by atoms with Crippen LogP contribution in [0.2, 0.25) is 0 Å². The second-order valence-corrected chi connectivity index (χ2v) is 3.81. The molecule has 2 atom stereocenters. The highest BCUT2D eigenvalue weighted by Gasteiger charge is 2.35. The van der Waals surface area contributed by atoms with E-state index in [1.54, 1.807) is 0 Å². The Labute approximate surface area is 72.9 Å². The average molecular weight is 168 g/mol. The molecule has 0 radical (unpaired) electrons. The Morgan fingerprint density at radius 2 is 2.33 bits per heavy atom. The molecule has 0 unspecified atom stereocenters. The van der Waals surface area contributed by atoms with Crippen LogP contribution in [-0.2, 0) is 4.79 Å². The molecule has 0 aromatic heterocycles. The van der Waals surface area contributed by atoms with E-state index < -0.39 is 0 Å². The van der Waals surface area contributed by atoms with E-state index in [2.05, 4.69) is 17.6 Å². The molecule has 1 heterocycles. The van der Waals surface area contributed by atoms with Crippen molar-refractivity contribution in [1.29, 1.82) is 0 Å². The molecule has 0 aromatic carbocycles. The molecule has 12 heavy (non-hydrogen) atoms. The number of amides is 1. The highest BCUT2D eigenvalue weighted by atomic mass is 16.2. The summed E-state index contributed by atoms with van der Waals surface area (Å²) in [6, 6.07) is 0.927. The van der Waals surface area contributed by atoms with E-state index in [0.29, 0.717) is 18.0 Å². The lowest BCUT2D eigenvalue weighted by Crippen LogP contribution is -2.64. The van der Waals surface area contributed by atoms with Gasteiger partial charge < -0.3 is 10.6 Å². The maximum atomic E-state index is 11.3. The van der Waals surface area contributed by atoms with E-state index in [4.69, 9.17) is 0 Å². The highest BCUT2D eigenvalue weighted by molar-refractivity contribution is 5.81. The van der Waals surface area contributed by atoms with Crippen molar-refractivity contribution in [2.24, 2.45) is 5.92 Å². The molecule has 3 heteroatoms. The molecule has 2 aliphatic rings. The van der Waals surface area contributed by atoms with E-state index in [-0.39, 0.29) is 5.91 Å². The van der Waals surface area contributed by atoms with Crippen molar-refractivity contribution in [2.45, 2.75) is 38.3 Å². The molecule has 1 aliphatic heterocycles. The first-order valence-corrected chi connectivity index (χ1v) is 4.85. The van der Waals surface area contributed by atoms with Crippen LogP contribution in [0.25, 0.3) is 0 Å². The minimum atomic E-state index is 0.278. The van der Waals surface area contributed by atoms with Crippen molar-refractivity contribution < 1.29 is 4.79 Å². The summed E-state index contributed by atoms with van der Waals surface area (Å²) in [5.41, 5.74) is 0. The molecule has 0 bridgehead atoms. The van der Waals surface area contributed by atoms with Gasteiger partial charge in [0, 0.05) is 18.5 Å². The Hall–Kier alpha value is -0.570. The Bertz CT molecular complexity index is 187. The third-order valence-corrected chi connectivity index (χ3v) is 2.80. The zero-order valence-electron chi connectivity index (χ0n) is 7.47. The quantitative estimate of drug-likeness (QED) is 0.635. The van der Waals surface area contributed by atoms with Gasteiger partial charge in [-0.15, -0.1) is 0 Å². The summed E-state index contributed by atoms with van der Waals surface area (Å²) in [4.78, 5) is 11.3. The zero-order chi connectivity index (χ0) is 8.55. The molecule has 2 fully saturated rings. The first-order valence-electron chi connectivity index (χ1n) is 4.85. The predicted octanol–water partition coefficient (Wildman–Crippen LogP) is 0.263. The largest absolute Gasteiger partial charge is 0.350 e. The van der Waals surface area contributed by atoms with Crippen molar-refractivity contribution in [3.05, 3.63) is 0 Å². The lowest BCUT2D eigenvalue weighted by molar-refractivity contribution is -0.123. The van der Waals surface area contributed by atoms with Gasteiger partial charge >= 0.3 is 0 Å². The van der Waals surface area contributed by atoms with E-state index in [0.717, 1.165) is 25.8 Å². The van der Waals surface area contributed by atoms with Crippen molar-refractivity contribution >= 4 is 5.91 Å². The van der Waals surface area contributed by atoms with Gasteiger partial charge in [-0.05, 0) is 19.3 Å². The minimum absolute atomic E-state index is 0.278. The maximum Gasteiger partial charge on any atom is 0.223 e. The van der Waals surface area contributed by atoms with Gasteiger partial charge in [-0.25, -0.2) is 0 Å². The van der Waals surface area contributed by atoms with Crippen molar-refractivity contribution in [1.82, 2.24) is 10.6 Å². The van der Waals surface area contributed by atoms with Crippen molar-refractivity contribution in [2.75, 3.05) is 6.54 Å². The molecule has 1 aliphatic carbocycles. The number of hydrogen-bond acceptors (Lipinski definition) is 2. The molecule has 2 rings (SSSR count). The number of hydrogen-bond donors (Lipinski definition) is 2. The van der Waals surface area contributed by atoms with Gasteiger partial charge in [-0.2, -0.15) is 0 Å². The Morgan fingerprint density at radius 3 is 2.75 bits per heavy atom. The van der Waals surface area contributed by atoms with Gasteiger partial charge in [-0.3, -0.25) is 4.79 Å². The third kappa shape index (κ3) is 1.46. The smallest absolute Gasteiger partial charge is 0.223 e. The summed E-state index contributed by atoms with van der Waals surface area (Å²) in [5.74, 6) is 0.628. The number of rotatable bonds is 3. The Balaban J connectivity index is 1.74. The fraction of sp³-hybridized carbons (Fsp3) is 0.889. The summed E-state index contributed by atoms with van der Waals surface area (Å²) < 4.78 is 0. The van der Waals surface area contributed by atoms with Crippen molar-refractivity contribution in [3.8, 4) is 0 Å². The van der Waals surface area contributed by atoms with Crippen LogP contribution >= 0.6 is 0 Å². The Kier molecular flexibility index (Phi) is 2.05. The SMILES string of the molecule is CC[C@@H]1NC[C@H]1NC(=O)C1CC1. The summed E-state index contributed by atoms with van der Waals surface area (Å²) in [6.45, 7) is 3.10. The fourth-order valence-corrected chi connectivity index (χ4v) is 1.63. The number of nitrogens with one attached hydrogen (secondary N) is 2. The van der Waals surface area contributed by atoms with Crippen LogP contribution in [0.3, 0.4) is 0 Å². The second-order valence-electron chi connectivity index (χ2n) is 3.81. The van der Waals surface area contributed by atoms with Crippen LogP contribution in [0.5, 0.6) is 0 Å².